The lowest BCUT2D eigenvalue weighted by Gasteiger charge is -1.91. The Balaban J connectivity index is 2.99. The highest BCUT2D eigenvalue weighted by atomic mass is 16.4. The van der Waals surface area contributed by atoms with Gasteiger partial charge >= 0.3 is 5.97 Å². The monoisotopic (exact) mass is 154 g/mol. The van der Waals surface area contributed by atoms with E-state index < -0.39 is 5.97 Å². The zero-order valence-corrected chi connectivity index (χ0v) is 5.48. The van der Waals surface area contributed by atoms with Crippen molar-refractivity contribution in [1.29, 1.82) is 5.41 Å². The Kier molecular flexibility index (Phi) is 1.59. The lowest BCUT2D eigenvalue weighted by Crippen LogP contribution is -2.20. The summed E-state index contributed by atoms with van der Waals surface area (Å²) in [4.78, 5) is 10.3. The Hall–Kier alpha value is -1.85. The van der Waals surface area contributed by atoms with Gasteiger partial charge in [-0.3, -0.25) is 5.41 Å². The van der Waals surface area contributed by atoms with Crippen LogP contribution in [0.1, 0.15) is 10.4 Å². The Labute approximate surface area is 61.7 Å². The second kappa shape index (κ2) is 2.41. The minimum absolute atomic E-state index is 0.0141. The summed E-state index contributed by atoms with van der Waals surface area (Å²) in [5, 5.41) is 18.8. The minimum Gasteiger partial charge on any atom is -0.478 e. The molecule has 4 N–H and O–H groups in total. The molecule has 0 aliphatic rings. The number of nitrogens with zero attached hydrogens (tertiary/aromatic N) is 2. The first-order valence-corrected chi connectivity index (χ1v) is 2.73. The van der Waals surface area contributed by atoms with Crippen molar-refractivity contribution in [3.8, 4) is 0 Å². The highest BCUT2D eigenvalue weighted by Gasteiger charge is 2.05. The summed E-state index contributed by atoms with van der Waals surface area (Å²) in [6.45, 7) is 0. The van der Waals surface area contributed by atoms with Gasteiger partial charge in [0.1, 0.15) is 0 Å². The minimum atomic E-state index is -1.09. The van der Waals surface area contributed by atoms with Gasteiger partial charge in [0.25, 0.3) is 0 Å². The molecule has 0 fully saturated rings. The lowest BCUT2D eigenvalue weighted by molar-refractivity contribution is 0.0697. The molecule has 0 saturated heterocycles. The molecule has 0 radical (unpaired) electrons. The normalized spacial score (nSPS) is 9.45. The smallest absolute Gasteiger partial charge is 0.338 e. The zero-order chi connectivity index (χ0) is 8.43. The molecule has 1 aromatic rings. The largest absolute Gasteiger partial charge is 0.478 e. The van der Waals surface area contributed by atoms with Crippen molar-refractivity contribution in [3.05, 3.63) is 18.0 Å². The Morgan fingerprint density at radius 1 is 1.82 bits per heavy atom. The molecule has 58 valence electrons. The van der Waals surface area contributed by atoms with Crippen LogP contribution in [0.4, 0.5) is 0 Å². The number of carbonyl (C=O) groups is 1. The van der Waals surface area contributed by atoms with E-state index >= 15 is 0 Å². The van der Waals surface area contributed by atoms with Crippen molar-refractivity contribution in [2.75, 3.05) is 0 Å². The molecule has 1 rings (SSSR count). The molecule has 0 unspecified atom stereocenters. The van der Waals surface area contributed by atoms with Gasteiger partial charge in [-0.1, -0.05) is 0 Å². The number of rotatable bonds is 1. The molecule has 0 saturated carbocycles. The van der Waals surface area contributed by atoms with Gasteiger partial charge in [-0.2, -0.15) is 5.10 Å². The lowest BCUT2D eigenvalue weighted by atomic mass is 10.4. The van der Waals surface area contributed by atoms with E-state index in [2.05, 4.69) is 5.10 Å². The molecule has 0 bridgehead atoms. The van der Waals surface area contributed by atoms with Crippen LogP contribution in [-0.2, 0) is 0 Å². The topological polar surface area (TPSA) is 105 Å². The maximum atomic E-state index is 10.3. The number of nitrogen functional groups attached to an aromatic ring is 1. The summed E-state index contributed by atoms with van der Waals surface area (Å²) in [6.07, 6.45) is 2.30. The molecule has 1 heterocycles. The zero-order valence-electron chi connectivity index (χ0n) is 5.48. The molecular formula is C5H6N4O2. The molecule has 0 spiro atoms. The van der Waals surface area contributed by atoms with Crippen LogP contribution < -0.4 is 5.73 Å². The van der Waals surface area contributed by atoms with Crippen molar-refractivity contribution in [1.82, 2.24) is 9.78 Å². The summed E-state index contributed by atoms with van der Waals surface area (Å²) >= 11 is 0. The molecule has 0 aliphatic heterocycles. The van der Waals surface area contributed by atoms with Crippen molar-refractivity contribution >= 4 is 11.9 Å². The van der Waals surface area contributed by atoms with Gasteiger partial charge < -0.3 is 10.8 Å². The van der Waals surface area contributed by atoms with E-state index in [1.807, 2.05) is 0 Å². The molecule has 0 aliphatic carbocycles. The van der Waals surface area contributed by atoms with E-state index in [1.54, 1.807) is 0 Å². The SMILES string of the molecule is N=C(N)n1cc(C(=O)O)cn1. The van der Waals surface area contributed by atoms with Crippen LogP contribution in [0.2, 0.25) is 0 Å². The molecular weight excluding hydrogens is 148 g/mol. The van der Waals surface area contributed by atoms with E-state index in [1.165, 1.54) is 6.20 Å². The first-order chi connectivity index (χ1) is 5.11. The number of carboxylic acid groups (broad SMARTS) is 1. The fraction of sp³-hybridized carbons (Fsp3) is 0. The number of nitrogens with one attached hydrogen (secondary N) is 1. The maximum Gasteiger partial charge on any atom is 0.338 e. The highest BCUT2D eigenvalue weighted by Crippen LogP contribution is 1.95. The fourth-order valence-corrected chi connectivity index (χ4v) is 0.565. The summed E-state index contributed by atoms with van der Waals surface area (Å²) in [7, 11) is 0. The second-order valence-electron chi connectivity index (χ2n) is 1.86. The van der Waals surface area contributed by atoms with Crippen LogP contribution in [0.25, 0.3) is 0 Å². The third-order valence-corrected chi connectivity index (χ3v) is 1.08. The summed E-state index contributed by atoms with van der Waals surface area (Å²) in [6, 6.07) is 0. The number of aromatic carboxylic acids is 1. The predicted molar refractivity (Wildman–Crippen MR) is 36.5 cm³/mol. The van der Waals surface area contributed by atoms with Crippen LogP contribution in [-0.4, -0.2) is 26.8 Å². The third kappa shape index (κ3) is 1.34. The van der Waals surface area contributed by atoms with Crippen LogP contribution in [0.15, 0.2) is 12.4 Å². The maximum absolute atomic E-state index is 10.3. The molecule has 0 aromatic carbocycles. The van der Waals surface area contributed by atoms with E-state index in [0.717, 1.165) is 10.9 Å². The predicted octanol–water partition coefficient (Wildman–Crippen LogP) is -0.677. The Morgan fingerprint density at radius 2 is 2.45 bits per heavy atom. The third-order valence-electron chi connectivity index (χ3n) is 1.08. The summed E-state index contributed by atoms with van der Waals surface area (Å²) in [5.74, 6) is -1.39. The van der Waals surface area contributed by atoms with E-state index in [9.17, 15) is 4.79 Å². The van der Waals surface area contributed by atoms with Gasteiger partial charge in [-0.25, -0.2) is 9.48 Å². The molecule has 1 aromatic heterocycles. The van der Waals surface area contributed by atoms with Crippen molar-refractivity contribution < 1.29 is 9.90 Å². The van der Waals surface area contributed by atoms with E-state index in [-0.39, 0.29) is 11.5 Å². The molecule has 0 amide bonds. The molecule has 6 nitrogen and oxygen atoms in total. The van der Waals surface area contributed by atoms with Crippen LogP contribution in [0.3, 0.4) is 0 Å². The summed E-state index contributed by atoms with van der Waals surface area (Å²) in [5.41, 5.74) is 5.03. The number of hydrogen-bond acceptors (Lipinski definition) is 3. The van der Waals surface area contributed by atoms with Crippen molar-refractivity contribution in [3.63, 3.8) is 0 Å². The first kappa shape index (κ1) is 7.26. The average molecular weight is 154 g/mol. The van der Waals surface area contributed by atoms with E-state index in [4.69, 9.17) is 16.2 Å². The van der Waals surface area contributed by atoms with Gasteiger partial charge in [0.05, 0.1) is 11.8 Å². The molecule has 6 heteroatoms. The van der Waals surface area contributed by atoms with Gasteiger partial charge in [0.15, 0.2) is 0 Å². The van der Waals surface area contributed by atoms with Crippen LogP contribution in [0.5, 0.6) is 0 Å². The number of carboxylic acids is 1. The fourth-order valence-electron chi connectivity index (χ4n) is 0.565. The average Bonchev–Trinajstić information content (AvgIpc) is 2.33. The van der Waals surface area contributed by atoms with E-state index in [0.29, 0.717) is 0 Å². The van der Waals surface area contributed by atoms with Gasteiger partial charge in [-0.05, 0) is 0 Å². The van der Waals surface area contributed by atoms with Gasteiger partial charge in [0.2, 0.25) is 5.96 Å². The van der Waals surface area contributed by atoms with Crippen molar-refractivity contribution in [2.24, 2.45) is 5.73 Å². The van der Waals surface area contributed by atoms with Crippen molar-refractivity contribution in [2.45, 2.75) is 0 Å². The quantitative estimate of drug-likeness (QED) is 0.368. The van der Waals surface area contributed by atoms with Gasteiger partial charge in [0, 0.05) is 6.20 Å². The Bertz CT molecular complexity index is 275. The Morgan fingerprint density at radius 3 is 2.73 bits per heavy atom. The standard InChI is InChI=1S/C5H6N4O2/c6-5(7)9-2-3(1-8-9)4(10)11/h1-2H,(H3,6,7)(H,10,11). The van der Waals surface area contributed by atoms with Gasteiger partial charge in [-0.15, -0.1) is 0 Å². The highest BCUT2D eigenvalue weighted by molar-refractivity contribution is 5.88. The number of hydrogen-bond donors (Lipinski definition) is 3. The molecule has 0 atom stereocenters. The second-order valence-corrected chi connectivity index (χ2v) is 1.86. The number of nitrogens with two attached hydrogens (primary N) is 1. The summed E-state index contributed by atoms with van der Waals surface area (Å²) < 4.78 is 0.976. The number of aromatic nitrogens is 2. The first-order valence-electron chi connectivity index (χ1n) is 2.73. The van der Waals surface area contributed by atoms with Crippen LogP contribution in [0, 0.1) is 5.41 Å². The molecule has 11 heavy (non-hydrogen) atoms. The van der Waals surface area contributed by atoms with Crippen LogP contribution >= 0.6 is 0 Å².